The first-order valence-electron chi connectivity index (χ1n) is 8.92. The van der Waals surface area contributed by atoms with Gasteiger partial charge in [0.25, 0.3) is 5.91 Å². The van der Waals surface area contributed by atoms with Crippen molar-refractivity contribution in [2.45, 2.75) is 32.0 Å². The van der Waals surface area contributed by atoms with E-state index in [4.69, 9.17) is 23.2 Å². The van der Waals surface area contributed by atoms with Gasteiger partial charge in [0, 0.05) is 34.0 Å². The Labute approximate surface area is 168 Å². The van der Waals surface area contributed by atoms with Gasteiger partial charge < -0.3 is 9.47 Å². The molecule has 138 valence electrons. The Hall–Kier alpha value is -2.30. The van der Waals surface area contributed by atoms with Gasteiger partial charge in [-0.1, -0.05) is 41.4 Å². The molecule has 1 aromatic heterocycles. The summed E-state index contributed by atoms with van der Waals surface area (Å²) in [6, 6.07) is 15.1. The highest BCUT2D eigenvalue weighted by Gasteiger charge is 2.33. The Morgan fingerprint density at radius 3 is 2.56 bits per heavy atom. The Morgan fingerprint density at radius 1 is 1.11 bits per heavy atom. The summed E-state index contributed by atoms with van der Waals surface area (Å²) < 4.78 is 2.05. The molecule has 4 rings (SSSR count). The molecular formula is C21H19Cl2N3O. The molecule has 0 N–H and O–H groups in total. The fourth-order valence-electron chi connectivity index (χ4n) is 3.11. The van der Waals surface area contributed by atoms with E-state index in [0.29, 0.717) is 23.7 Å². The fraction of sp³-hybridized carbons (Fsp3) is 0.238. The Balaban J connectivity index is 1.55. The van der Waals surface area contributed by atoms with Crippen molar-refractivity contribution in [3.63, 3.8) is 0 Å². The van der Waals surface area contributed by atoms with Gasteiger partial charge in [-0.25, -0.2) is 4.98 Å². The zero-order chi connectivity index (χ0) is 18.8. The van der Waals surface area contributed by atoms with Crippen LogP contribution in [0.2, 0.25) is 10.0 Å². The summed E-state index contributed by atoms with van der Waals surface area (Å²) in [5.41, 5.74) is 1.68. The van der Waals surface area contributed by atoms with Crippen molar-refractivity contribution in [2.24, 2.45) is 0 Å². The first-order chi connectivity index (χ1) is 13.1. The predicted octanol–water partition coefficient (Wildman–Crippen LogP) is 5.04. The number of amides is 1. The van der Waals surface area contributed by atoms with E-state index in [9.17, 15) is 4.79 Å². The molecule has 1 amide bonds. The molecule has 2 aromatic carbocycles. The summed E-state index contributed by atoms with van der Waals surface area (Å²) >= 11 is 12.2. The zero-order valence-corrected chi connectivity index (χ0v) is 16.2. The number of benzene rings is 2. The van der Waals surface area contributed by atoms with Crippen molar-refractivity contribution in [3.8, 4) is 0 Å². The molecule has 1 aliphatic carbocycles. The van der Waals surface area contributed by atoms with Crippen LogP contribution in [0.1, 0.15) is 34.6 Å². The number of nitrogens with zero attached hydrogens (tertiary/aromatic N) is 3. The number of halogens is 2. The summed E-state index contributed by atoms with van der Waals surface area (Å²) in [5, 5.41) is 1.35. The van der Waals surface area contributed by atoms with Crippen LogP contribution in [-0.2, 0) is 13.1 Å². The number of carbonyl (C=O) groups excluding carboxylic acids is 1. The third-order valence-corrected chi connectivity index (χ3v) is 5.37. The number of aromatic nitrogens is 2. The smallest absolute Gasteiger partial charge is 0.254 e. The van der Waals surface area contributed by atoms with Crippen molar-refractivity contribution in [3.05, 3.63) is 87.9 Å². The van der Waals surface area contributed by atoms with E-state index < -0.39 is 0 Å². The maximum atomic E-state index is 13.0. The van der Waals surface area contributed by atoms with Gasteiger partial charge in [0.2, 0.25) is 0 Å². The topological polar surface area (TPSA) is 38.1 Å². The second-order valence-electron chi connectivity index (χ2n) is 6.73. The molecule has 0 bridgehead atoms. The molecule has 3 aromatic rings. The Kier molecular flexibility index (Phi) is 5.19. The fourth-order valence-corrected chi connectivity index (χ4v) is 3.43. The van der Waals surface area contributed by atoms with Gasteiger partial charge >= 0.3 is 0 Å². The summed E-state index contributed by atoms with van der Waals surface area (Å²) in [5.74, 6) is 0.866. The van der Waals surface area contributed by atoms with E-state index in [1.54, 1.807) is 30.5 Å². The van der Waals surface area contributed by atoms with Crippen molar-refractivity contribution in [1.82, 2.24) is 14.5 Å². The molecule has 0 unspecified atom stereocenters. The average Bonchev–Trinajstić information content (AvgIpc) is 3.42. The molecule has 1 aliphatic rings. The first-order valence-corrected chi connectivity index (χ1v) is 9.67. The van der Waals surface area contributed by atoms with E-state index in [2.05, 4.69) is 4.98 Å². The lowest BCUT2D eigenvalue weighted by molar-refractivity contribution is 0.0723. The van der Waals surface area contributed by atoms with Crippen LogP contribution in [0.15, 0.2) is 60.9 Å². The van der Waals surface area contributed by atoms with Crippen LogP contribution >= 0.6 is 23.2 Å². The molecule has 1 saturated carbocycles. The lowest BCUT2D eigenvalue weighted by Gasteiger charge is -2.23. The molecule has 6 heteroatoms. The van der Waals surface area contributed by atoms with Crippen LogP contribution < -0.4 is 0 Å². The van der Waals surface area contributed by atoms with Gasteiger partial charge in [-0.3, -0.25) is 4.79 Å². The van der Waals surface area contributed by atoms with Gasteiger partial charge in [-0.05, 0) is 48.7 Å². The molecule has 0 radical (unpaired) electrons. The summed E-state index contributed by atoms with van der Waals surface area (Å²) in [7, 11) is 0. The monoisotopic (exact) mass is 399 g/mol. The van der Waals surface area contributed by atoms with Gasteiger partial charge in [-0.15, -0.1) is 0 Å². The van der Waals surface area contributed by atoms with Gasteiger partial charge in [-0.2, -0.15) is 0 Å². The van der Waals surface area contributed by atoms with E-state index in [-0.39, 0.29) is 11.9 Å². The molecule has 27 heavy (non-hydrogen) atoms. The zero-order valence-electron chi connectivity index (χ0n) is 14.7. The SMILES string of the molecule is O=C(c1ccc(Cl)cc1)N(Cc1nccn1Cc1ccccc1Cl)C1CC1. The second kappa shape index (κ2) is 7.75. The van der Waals surface area contributed by atoms with Crippen LogP contribution in [0, 0.1) is 0 Å². The van der Waals surface area contributed by atoms with Crippen molar-refractivity contribution in [2.75, 3.05) is 0 Å². The summed E-state index contributed by atoms with van der Waals surface area (Å²) in [6.07, 6.45) is 5.76. The van der Waals surface area contributed by atoms with E-state index in [1.807, 2.05) is 39.9 Å². The number of carbonyl (C=O) groups is 1. The molecular weight excluding hydrogens is 381 g/mol. The third kappa shape index (κ3) is 4.18. The van der Waals surface area contributed by atoms with Crippen LogP contribution in [0.25, 0.3) is 0 Å². The molecule has 0 saturated heterocycles. The minimum absolute atomic E-state index is 0.0152. The largest absolute Gasteiger partial charge is 0.329 e. The molecule has 1 fully saturated rings. The Morgan fingerprint density at radius 2 is 1.85 bits per heavy atom. The highest BCUT2D eigenvalue weighted by molar-refractivity contribution is 6.31. The minimum Gasteiger partial charge on any atom is -0.329 e. The van der Waals surface area contributed by atoms with Gasteiger partial charge in [0.15, 0.2) is 0 Å². The highest BCUT2D eigenvalue weighted by Crippen LogP contribution is 2.30. The number of hydrogen-bond acceptors (Lipinski definition) is 2. The number of hydrogen-bond donors (Lipinski definition) is 0. The maximum Gasteiger partial charge on any atom is 0.254 e. The summed E-state index contributed by atoms with van der Waals surface area (Å²) in [6.45, 7) is 1.10. The van der Waals surface area contributed by atoms with E-state index in [1.165, 1.54) is 0 Å². The van der Waals surface area contributed by atoms with E-state index in [0.717, 1.165) is 29.3 Å². The molecule has 1 heterocycles. The van der Waals surface area contributed by atoms with Crippen LogP contribution in [0.4, 0.5) is 0 Å². The van der Waals surface area contributed by atoms with Crippen LogP contribution in [-0.4, -0.2) is 26.4 Å². The third-order valence-electron chi connectivity index (χ3n) is 4.75. The molecule has 0 aliphatic heterocycles. The summed E-state index contributed by atoms with van der Waals surface area (Å²) in [4.78, 5) is 19.4. The van der Waals surface area contributed by atoms with Gasteiger partial charge in [0.1, 0.15) is 5.82 Å². The normalized spacial score (nSPS) is 13.6. The van der Waals surface area contributed by atoms with E-state index >= 15 is 0 Å². The van der Waals surface area contributed by atoms with Crippen molar-refractivity contribution in [1.29, 1.82) is 0 Å². The quantitative estimate of drug-likeness (QED) is 0.581. The minimum atomic E-state index is 0.0152. The number of imidazole rings is 1. The second-order valence-corrected chi connectivity index (χ2v) is 7.58. The standard InChI is InChI=1S/C21H19Cl2N3O/c22-17-7-5-15(6-8-17)21(27)26(18-9-10-18)14-20-24-11-12-25(20)13-16-3-1-2-4-19(16)23/h1-8,11-12,18H,9-10,13-14H2. The van der Waals surface area contributed by atoms with Crippen LogP contribution in [0.3, 0.4) is 0 Å². The molecule has 0 spiro atoms. The Bertz CT molecular complexity index is 948. The maximum absolute atomic E-state index is 13.0. The highest BCUT2D eigenvalue weighted by atomic mass is 35.5. The van der Waals surface area contributed by atoms with Gasteiger partial charge in [0.05, 0.1) is 13.1 Å². The average molecular weight is 400 g/mol. The first kappa shape index (κ1) is 18.1. The lowest BCUT2D eigenvalue weighted by Crippen LogP contribution is -2.33. The molecule has 0 atom stereocenters. The van der Waals surface area contributed by atoms with Crippen molar-refractivity contribution < 1.29 is 4.79 Å². The predicted molar refractivity (Wildman–Crippen MR) is 107 cm³/mol. The molecule has 4 nitrogen and oxygen atoms in total. The van der Waals surface area contributed by atoms with Crippen LogP contribution in [0.5, 0.6) is 0 Å². The number of rotatable bonds is 6. The van der Waals surface area contributed by atoms with Crippen molar-refractivity contribution >= 4 is 29.1 Å². The lowest BCUT2D eigenvalue weighted by atomic mass is 10.2.